The van der Waals surface area contributed by atoms with Gasteiger partial charge in [-0.3, -0.25) is 4.79 Å². The first-order chi connectivity index (χ1) is 9.65. The smallest absolute Gasteiger partial charge is 0.328 e. The van der Waals surface area contributed by atoms with Crippen LogP contribution >= 0.6 is 0 Å². The summed E-state index contributed by atoms with van der Waals surface area (Å²) in [5.41, 5.74) is 1.38. The molecule has 1 saturated carbocycles. The Bertz CT molecular complexity index is 499. The van der Waals surface area contributed by atoms with Crippen LogP contribution < -0.4 is 5.32 Å². The zero-order chi connectivity index (χ0) is 14.4. The molecular formula is C16H19NO3. The Morgan fingerprint density at radius 2 is 1.75 bits per heavy atom. The van der Waals surface area contributed by atoms with Gasteiger partial charge >= 0.3 is 5.97 Å². The van der Waals surface area contributed by atoms with Crippen molar-refractivity contribution in [2.45, 2.75) is 38.1 Å². The van der Waals surface area contributed by atoms with E-state index in [1.54, 1.807) is 24.3 Å². The molecule has 0 spiro atoms. The molecule has 0 saturated heterocycles. The number of hydrogen-bond acceptors (Lipinski definition) is 2. The third kappa shape index (κ3) is 4.23. The molecule has 0 heterocycles. The summed E-state index contributed by atoms with van der Waals surface area (Å²) >= 11 is 0. The maximum Gasteiger partial charge on any atom is 0.328 e. The average molecular weight is 273 g/mol. The second-order valence-corrected chi connectivity index (χ2v) is 5.10. The highest BCUT2D eigenvalue weighted by molar-refractivity contribution is 5.94. The van der Waals surface area contributed by atoms with E-state index in [1.165, 1.54) is 25.3 Å². The fourth-order valence-electron chi connectivity index (χ4n) is 2.43. The van der Waals surface area contributed by atoms with Gasteiger partial charge in [-0.25, -0.2) is 4.79 Å². The fourth-order valence-corrected chi connectivity index (χ4v) is 2.43. The molecule has 0 radical (unpaired) electrons. The quantitative estimate of drug-likeness (QED) is 0.829. The molecule has 106 valence electrons. The van der Waals surface area contributed by atoms with Gasteiger partial charge in [0, 0.05) is 17.7 Å². The summed E-state index contributed by atoms with van der Waals surface area (Å²) in [7, 11) is 0. The lowest BCUT2D eigenvalue weighted by Crippen LogP contribution is -2.36. The first kappa shape index (κ1) is 14.3. The summed E-state index contributed by atoms with van der Waals surface area (Å²) < 4.78 is 0. The van der Waals surface area contributed by atoms with E-state index in [4.69, 9.17) is 5.11 Å². The topological polar surface area (TPSA) is 66.4 Å². The van der Waals surface area contributed by atoms with Crippen molar-refractivity contribution in [1.29, 1.82) is 0 Å². The number of carboxylic acids is 1. The number of rotatable bonds is 4. The summed E-state index contributed by atoms with van der Waals surface area (Å²) in [5, 5.41) is 11.6. The van der Waals surface area contributed by atoms with E-state index in [-0.39, 0.29) is 5.91 Å². The molecule has 0 bridgehead atoms. The number of amides is 1. The molecule has 1 aromatic carbocycles. The first-order valence-corrected chi connectivity index (χ1v) is 6.97. The van der Waals surface area contributed by atoms with Crippen LogP contribution in [0.1, 0.15) is 48.0 Å². The number of nitrogens with one attached hydrogen (secondary N) is 1. The third-order valence-corrected chi connectivity index (χ3v) is 3.53. The van der Waals surface area contributed by atoms with Crippen LogP contribution in [0.4, 0.5) is 0 Å². The standard InChI is InChI=1S/C16H19NO3/c18-15(19)11-8-12-6-9-13(10-7-12)16(20)17-14-4-2-1-3-5-14/h6-11,14H,1-5H2,(H,17,20)(H,18,19). The van der Waals surface area contributed by atoms with Gasteiger partial charge in [-0.15, -0.1) is 0 Å². The molecule has 1 fully saturated rings. The fraction of sp³-hybridized carbons (Fsp3) is 0.375. The molecule has 4 heteroatoms. The summed E-state index contributed by atoms with van der Waals surface area (Å²) in [6, 6.07) is 7.23. The van der Waals surface area contributed by atoms with Crippen LogP contribution in [0.15, 0.2) is 30.3 Å². The van der Waals surface area contributed by atoms with E-state index in [0.717, 1.165) is 24.5 Å². The predicted octanol–water partition coefficient (Wildman–Crippen LogP) is 2.85. The van der Waals surface area contributed by atoms with Crippen molar-refractivity contribution in [3.63, 3.8) is 0 Å². The zero-order valence-corrected chi connectivity index (χ0v) is 11.3. The molecule has 20 heavy (non-hydrogen) atoms. The monoisotopic (exact) mass is 273 g/mol. The molecule has 1 aromatic rings. The number of carboxylic acid groups (broad SMARTS) is 1. The van der Waals surface area contributed by atoms with Gasteiger partial charge in [-0.2, -0.15) is 0 Å². The number of carbonyl (C=O) groups excluding carboxylic acids is 1. The Morgan fingerprint density at radius 1 is 1.10 bits per heavy atom. The Kier molecular flexibility index (Phi) is 4.93. The third-order valence-electron chi connectivity index (χ3n) is 3.53. The van der Waals surface area contributed by atoms with Gasteiger partial charge in [-0.1, -0.05) is 31.4 Å². The Labute approximate surface area is 118 Å². The molecular weight excluding hydrogens is 254 g/mol. The van der Waals surface area contributed by atoms with Crippen LogP contribution in [-0.4, -0.2) is 23.0 Å². The summed E-state index contributed by atoms with van der Waals surface area (Å²) in [6.07, 6.45) is 8.34. The normalized spacial score (nSPS) is 16.2. The first-order valence-electron chi connectivity index (χ1n) is 6.97. The summed E-state index contributed by atoms with van der Waals surface area (Å²) in [4.78, 5) is 22.5. The van der Waals surface area contributed by atoms with Gasteiger partial charge in [0.05, 0.1) is 0 Å². The highest BCUT2D eigenvalue weighted by atomic mass is 16.4. The van der Waals surface area contributed by atoms with Crippen LogP contribution in [0.3, 0.4) is 0 Å². The van der Waals surface area contributed by atoms with Crippen LogP contribution in [0, 0.1) is 0 Å². The van der Waals surface area contributed by atoms with Gasteiger partial charge in [-0.05, 0) is 36.6 Å². The second kappa shape index (κ2) is 6.89. The number of benzene rings is 1. The second-order valence-electron chi connectivity index (χ2n) is 5.10. The maximum atomic E-state index is 12.1. The molecule has 1 aliphatic rings. The van der Waals surface area contributed by atoms with Gasteiger partial charge in [0.15, 0.2) is 0 Å². The lowest BCUT2D eigenvalue weighted by Gasteiger charge is -2.22. The minimum atomic E-state index is -0.982. The predicted molar refractivity (Wildman–Crippen MR) is 77.5 cm³/mol. The van der Waals surface area contributed by atoms with Crippen LogP contribution in [0.5, 0.6) is 0 Å². The Balaban J connectivity index is 1.94. The van der Waals surface area contributed by atoms with Gasteiger partial charge < -0.3 is 10.4 Å². The summed E-state index contributed by atoms with van der Waals surface area (Å²) in [5.74, 6) is -1.03. The minimum absolute atomic E-state index is 0.0503. The van der Waals surface area contributed by atoms with E-state index in [2.05, 4.69) is 5.32 Å². The molecule has 1 amide bonds. The molecule has 0 unspecified atom stereocenters. The average Bonchev–Trinajstić information content (AvgIpc) is 2.46. The van der Waals surface area contributed by atoms with E-state index in [0.29, 0.717) is 11.6 Å². The van der Waals surface area contributed by atoms with Crippen LogP contribution in [0.25, 0.3) is 6.08 Å². The molecule has 2 N–H and O–H groups in total. The van der Waals surface area contributed by atoms with Crippen molar-refractivity contribution in [2.75, 3.05) is 0 Å². The Hall–Kier alpha value is -2.10. The van der Waals surface area contributed by atoms with Crippen molar-refractivity contribution in [1.82, 2.24) is 5.32 Å². The minimum Gasteiger partial charge on any atom is -0.478 e. The number of hydrogen-bond donors (Lipinski definition) is 2. The van der Waals surface area contributed by atoms with Crippen molar-refractivity contribution in [3.8, 4) is 0 Å². The highest BCUT2D eigenvalue weighted by Gasteiger charge is 2.16. The molecule has 0 aliphatic heterocycles. The molecule has 2 rings (SSSR count). The zero-order valence-electron chi connectivity index (χ0n) is 11.3. The van der Waals surface area contributed by atoms with Crippen molar-refractivity contribution in [2.24, 2.45) is 0 Å². The van der Waals surface area contributed by atoms with E-state index in [9.17, 15) is 9.59 Å². The van der Waals surface area contributed by atoms with Gasteiger partial charge in [0.25, 0.3) is 5.91 Å². The molecule has 0 atom stereocenters. The number of carbonyl (C=O) groups is 2. The molecule has 0 aromatic heterocycles. The van der Waals surface area contributed by atoms with Gasteiger partial charge in [0.1, 0.15) is 0 Å². The lowest BCUT2D eigenvalue weighted by molar-refractivity contribution is -0.131. The van der Waals surface area contributed by atoms with Crippen LogP contribution in [-0.2, 0) is 4.79 Å². The lowest BCUT2D eigenvalue weighted by atomic mass is 9.95. The Morgan fingerprint density at radius 3 is 2.35 bits per heavy atom. The summed E-state index contributed by atoms with van der Waals surface area (Å²) in [6.45, 7) is 0. The van der Waals surface area contributed by atoms with E-state index in [1.807, 2.05) is 0 Å². The van der Waals surface area contributed by atoms with Crippen molar-refractivity contribution >= 4 is 18.0 Å². The largest absolute Gasteiger partial charge is 0.478 e. The van der Waals surface area contributed by atoms with Crippen molar-refractivity contribution in [3.05, 3.63) is 41.5 Å². The van der Waals surface area contributed by atoms with E-state index >= 15 is 0 Å². The molecule has 4 nitrogen and oxygen atoms in total. The molecule has 1 aliphatic carbocycles. The van der Waals surface area contributed by atoms with Crippen LogP contribution in [0.2, 0.25) is 0 Å². The highest BCUT2D eigenvalue weighted by Crippen LogP contribution is 2.18. The van der Waals surface area contributed by atoms with Gasteiger partial charge in [0.2, 0.25) is 0 Å². The van der Waals surface area contributed by atoms with E-state index < -0.39 is 5.97 Å². The van der Waals surface area contributed by atoms with Crippen molar-refractivity contribution < 1.29 is 14.7 Å². The number of aliphatic carboxylic acids is 1. The SMILES string of the molecule is O=C(O)C=Cc1ccc(C(=O)NC2CCCCC2)cc1. The maximum absolute atomic E-state index is 12.1.